The predicted molar refractivity (Wildman–Crippen MR) is 63.8 cm³/mol. The fourth-order valence-corrected chi connectivity index (χ4v) is 2.15. The quantitative estimate of drug-likeness (QED) is 0.551. The third kappa shape index (κ3) is 4.23. The fourth-order valence-electron chi connectivity index (χ4n) is 2.15. The van der Waals surface area contributed by atoms with Gasteiger partial charge in [0.1, 0.15) is 6.04 Å². The van der Waals surface area contributed by atoms with Gasteiger partial charge < -0.3 is 21.5 Å². The minimum Gasteiger partial charge on any atom is -0.480 e. The van der Waals surface area contributed by atoms with Crippen LogP contribution in [-0.4, -0.2) is 34.6 Å². The smallest absolute Gasteiger partial charge is 0.326 e. The molecule has 0 aromatic carbocycles. The number of nitrogens with one attached hydrogen (secondary N) is 2. The number of urea groups is 1. The molecule has 102 valence electrons. The maximum Gasteiger partial charge on any atom is 0.326 e. The first-order valence-corrected chi connectivity index (χ1v) is 5.92. The van der Waals surface area contributed by atoms with Gasteiger partial charge in [-0.1, -0.05) is 12.8 Å². The lowest BCUT2D eigenvalue weighted by atomic mass is 10.0. The summed E-state index contributed by atoms with van der Waals surface area (Å²) in [6, 6.07) is -1.86. The lowest BCUT2D eigenvalue weighted by Gasteiger charge is -2.26. The first-order valence-electron chi connectivity index (χ1n) is 5.92. The van der Waals surface area contributed by atoms with E-state index in [4.69, 9.17) is 10.8 Å². The molecule has 7 nitrogen and oxygen atoms in total. The fraction of sp³-hybridized carbons (Fsp3) is 0.727. The van der Waals surface area contributed by atoms with Gasteiger partial charge in [-0.05, 0) is 19.8 Å². The molecular weight excluding hydrogens is 238 g/mol. The van der Waals surface area contributed by atoms with E-state index in [-0.39, 0.29) is 5.54 Å². The van der Waals surface area contributed by atoms with Crippen LogP contribution in [0.4, 0.5) is 4.79 Å². The molecule has 0 spiro atoms. The van der Waals surface area contributed by atoms with E-state index < -0.39 is 30.4 Å². The monoisotopic (exact) mass is 257 g/mol. The van der Waals surface area contributed by atoms with Gasteiger partial charge in [0.25, 0.3) is 0 Å². The molecule has 1 saturated carbocycles. The third-order valence-corrected chi connectivity index (χ3v) is 3.13. The van der Waals surface area contributed by atoms with E-state index in [2.05, 4.69) is 10.6 Å². The van der Waals surface area contributed by atoms with Crippen LogP contribution >= 0.6 is 0 Å². The van der Waals surface area contributed by atoms with Crippen molar-refractivity contribution in [3.05, 3.63) is 0 Å². The standard InChI is InChI=1S/C11H19N3O4/c1-11(4-2-3-5-11)14-10(18)13-7(9(16)17)6-8(12)15/h7H,2-6H2,1H3,(H2,12,15)(H,16,17)(H2,13,14,18)/t7-/m1/s1. The van der Waals surface area contributed by atoms with Crippen molar-refractivity contribution in [3.8, 4) is 0 Å². The second kappa shape index (κ2) is 5.70. The molecule has 0 saturated heterocycles. The number of carbonyl (C=O) groups is 3. The molecule has 1 fully saturated rings. The lowest BCUT2D eigenvalue weighted by molar-refractivity contribution is -0.140. The number of aliphatic carboxylic acids is 1. The molecule has 1 aliphatic carbocycles. The highest BCUT2D eigenvalue weighted by atomic mass is 16.4. The van der Waals surface area contributed by atoms with E-state index in [9.17, 15) is 14.4 Å². The number of amides is 3. The summed E-state index contributed by atoms with van der Waals surface area (Å²) in [5.41, 5.74) is 4.63. The molecule has 0 unspecified atom stereocenters. The first-order chi connectivity index (χ1) is 8.32. The van der Waals surface area contributed by atoms with Crippen LogP contribution in [-0.2, 0) is 9.59 Å². The Bertz CT molecular complexity index is 350. The Hall–Kier alpha value is -1.79. The van der Waals surface area contributed by atoms with Gasteiger partial charge in [0.05, 0.1) is 6.42 Å². The topological polar surface area (TPSA) is 122 Å². The highest BCUT2D eigenvalue weighted by molar-refractivity contribution is 5.87. The molecule has 7 heteroatoms. The highest BCUT2D eigenvalue weighted by Gasteiger charge is 2.31. The zero-order chi connectivity index (χ0) is 13.8. The van der Waals surface area contributed by atoms with E-state index in [0.29, 0.717) is 0 Å². The Morgan fingerprint density at radius 1 is 1.33 bits per heavy atom. The number of nitrogens with two attached hydrogens (primary N) is 1. The Balaban J connectivity index is 2.50. The second-order valence-electron chi connectivity index (χ2n) is 4.93. The summed E-state index contributed by atoms with van der Waals surface area (Å²) in [6.45, 7) is 1.92. The van der Waals surface area contributed by atoms with Crippen molar-refractivity contribution in [1.29, 1.82) is 0 Å². The second-order valence-corrected chi connectivity index (χ2v) is 4.93. The summed E-state index contributed by atoms with van der Waals surface area (Å²) in [6.07, 6.45) is 3.41. The van der Waals surface area contributed by atoms with Crippen LogP contribution in [0.25, 0.3) is 0 Å². The molecule has 0 bridgehead atoms. The molecule has 5 N–H and O–H groups in total. The van der Waals surface area contributed by atoms with Crippen LogP contribution in [0, 0.1) is 0 Å². The minimum absolute atomic E-state index is 0.292. The summed E-state index contributed by atoms with van der Waals surface area (Å²) < 4.78 is 0. The van der Waals surface area contributed by atoms with E-state index in [1.165, 1.54) is 0 Å². The van der Waals surface area contributed by atoms with Crippen LogP contribution in [0.3, 0.4) is 0 Å². The van der Waals surface area contributed by atoms with Crippen molar-refractivity contribution >= 4 is 17.9 Å². The summed E-state index contributed by atoms with van der Waals surface area (Å²) in [5.74, 6) is -2.05. The number of carboxylic acid groups (broad SMARTS) is 1. The average molecular weight is 257 g/mol. The Morgan fingerprint density at radius 2 is 1.89 bits per heavy atom. The lowest BCUT2D eigenvalue weighted by Crippen LogP contribution is -2.53. The van der Waals surface area contributed by atoms with Crippen LogP contribution in [0.1, 0.15) is 39.0 Å². The molecule has 0 aliphatic heterocycles. The van der Waals surface area contributed by atoms with E-state index >= 15 is 0 Å². The van der Waals surface area contributed by atoms with Gasteiger partial charge in [-0.2, -0.15) is 0 Å². The number of carboxylic acids is 1. The third-order valence-electron chi connectivity index (χ3n) is 3.13. The largest absolute Gasteiger partial charge is 0.480 e. The van der Waals surface area contributed by atoms with Crippen molar-refractivity contribution < 1.29 is 19.5 Å². The number of rotatable bonds is 5. The maximum atomic E-state index is 11.7. The van der Waals surface area contributed by atoms with Crippen LogP contribution in [0.2, 0.25) is 0 Å². The predicted octanol–water partition coefficient (Wildman–Crippen LogP) is -0.0531. The minimum atomic E-state index is -1.28. The SMILES string of the molecule is CC1(NC(=O)N[C@H](CC(N)=O)C(=O)O)CCCC1. The molecule has 0 radical (unpaired) electrons. The van der Waals surface area contributed by atoms with E-state index in [1.807, 2.05) is 6.92 Å². The maximum absolute atomic E-state index is 11.7. The molecule has 0 aromatic heterocycles. The zero-order valence-electron chi connectivity index (χ0n) is 10.4. The van der Waals surface area contributed by atoms with Gasteiger partial charge in [0.2, 0.25) is 5.91 Å². The van der Waals surface area contributed by atoms with Crippen LogP contribution < -0.4 is 16.4 Å². The van der Waals surface area contributed by atoms with E-state index in [0.717, 1.165) is 25.7 Å². The first kappa shape index (κ1) is 14.3. The normalized spacial score (nSPS) is 18.9. The van der Waals surface area contributed by atoms with Crippen LogP contribution in [0.15, 0.2) is 0 Å². The summed E-state index contributed by atoms with van der Waals surface area (Å²) >= 11 is 0. The van der Waals surface area contributed by atoms with Crippen molar-refractivity contribution in [2.75, 3.05) is 0 Å². The molecule has 0 aromatic rings. The van der Waals surface area contributed by atoms with E-state index in [1.54, 1.807) is 0 Å². The number of hydrogen-bond donors (Lipinski definition) is 4. The summed E-state index contributed by atoms with van der Waals surface area (Å²) in [5, 5.41) is 13.8. The molecule has 1 aliphatic rings. The van der Waals surface area contributed by atoms with Gasteiger partial charge in [-0.3, -0.25) is 4.79 Å². The molecule has 1 atom stereocenters. The van der Waals surface area contributed by atoms with Gasteiger partial charge in [0.15, 0.2) is 0 Å². The summed E-state index contributed by atoms with van der Waals surface area (Å²) in [7, 11) is 0. The molecule has 3 amide bonds. The highest BCUT2D eigenvalue weighted by Crippen LogP contribution is 2.28. The van der Waals surface area contributed by atoms with Crippen LogP contribution in [0.5, 0.6) is 0 Å². The molecule has 18 heavy (non-hydrogen) atoms. The number of hydrogen-bond acceptors (Lipinski definition) is 3. The molecular formula is C11H19N3O4. The number of carbonyl (C=O) groups excluding carboxylic acids is 2. The van der Waals surface area contributed by atoms with Crippen molar-refractivity contribution in [2.45, 2.75) is 50.6 Å². The number of primary amides is 1. The molecule has 1 rings (SSSR count). The van der Waals surface area contributed by atoms with Crippen molar-refractivity contribution in [1.82, 2.24) is 10.6 Å². The van der Waals surface area contributed by atoms with Gasteiger partial charge in [0, 0.05) is 5.54 Å². The summed E-state index contributed by atoms with van der Waals surface area (Å²) in [4.78, 5) is 33.2. The zero-order valence-corrected chi connectivity index (χ0v) is 10.4. The van der Waals surface area contributed by atoms with Crippen molar-refractivity contribution in [2.24, 2.45) is 5.73 Å². The Labute approximate surface area is 105 Å². The molecule has 0 heterocycles. The van der Waals surface area contributed by atoms with Gasteiger partial charge in [-0.25, -0.2) is 9.59 Å². The Morgan fingerprint density at radius 3 is 2.33 bits per heavy atom. The van der Waals surface area contributed by atoms with Gasteiger partial charge in [-0.15, -0.1) is 0 Å². The van der Waals surface area contributed by atoms with Gasteiger partial charge >= 0.3 is 12.0 Å². The van der Waals surface area contributed by atoms with Crippen molar-refractivity contribution in [3.63, 3.8) is 0 Å². The average Bonchev–Trinajstić information content (AvgIpc) is 2.62. The Kier molecular flexibility index (Phi) is 4.52.